The van der Waals surface area contributed by atoms with Crippen molar-refractivity contribution < 1.29 is 17.9 Å². The van der Waals surface area contributed by atoms with Gasteiger partial charge >= 0.3 is 0 Å². The van der Waals surface area contributed by atoms with Gasteiger partial charge in [-0.05, 0) is 37.3 Å². The van der Waals surface area contributed by atoms with Gasteiger partial charge in [-0.2, -0.15) is 0 Å². The van der Waals surface area contributed by atoms with Crippen molar-refractivity contribution in [3.8, 4) is 5.75 Å². The highest BCUT2D eigenvalue weighted by Crippen LogP contribution is 2.30. The molecule has 0 saturated carbocycles. The fraction of sp³-hybridized carbons (Fsp3) is 0.188. The minimum absolute atomic E-state index is 0.0981. The van der Waals surface area contributed by atoms with Gasteiger partial charge in [0, 0.05) is 6.92 Å². The zero-order valence-electron chi connectivity index (χ0n) is 12.6. The van der Waals surface area contributed by atoms with Crippen molar-refractivity contribution in [2.45, 2.75) is 23.6 Å². The molecule has 0 unspecified atom stereocenters. The summed E-state index contributed by atoms with van der Waals surface area (Å²) in [6, 6.07) is 11.0. The van der Waals surface area contributed by atoms with Crippen LogP contribution in [-0.4, -0.2) is 21.4 Å². The number of aryl methyl sites for hydroxylation is 1. The highest BCUT2D eigenvalue weighted by Gasteiger charge is 2.19. The number of hydrogen-bond donors (Lipinski definition) is 1. The molecule has 0 aliphatic heterocycles. The first-order chi connectivity index (χ1) is 10.3. The van der Waals surface area contributed by atoms with E-state index in [2.05, 4.69) is 5.32 Å². The van der Waals surface area contributed by atoms with Crippen LogP contribution in [0.4, 0.5) is 5.69 Å². The lowest BCUT2D eigenvalue weighted by Gasteiger charge is -2.11. The standard InChI is InChI=1S/C16H17NO4S/c1-11-4-6-13(7-5-11)22(19,20)14-8-9-16(21-3)15(10-14)17-12(2)18/h4-10H,1-3H3,(H,17,18). The summed E-state index contributed by atoms with van der Waals surface area (Å²) in [4.78, 5) is 11.5. The van der Waals surface area contributed by atoms with Gasteiger partial charge in [0.25, 0.3) is 0 Å². The van der Waals surface area contributed by atoms with Gasteiger partial charge in [0.15, 0.2) is 0 Å². The van der Waals surface area contributed by atoms with E-state index in [1.807, 2.05) is 6.92 Å². The molecular formula is C16H17NO4S. The van der Waals surface area contributed by atoms with Crippen molar-refractivity contribution in [1.82, 2.24) is 0 Å². The average molecular weight is 319 g/mol. The Kier molecular flexibility index (Phi) is 4.51. The van der Waals surface area contributed by atoms with Crippen LogP contribution in [-0.2, 0) is 14.6 Å². The Balaban J connectivity index is 2.51. The van der Waals surface area contributed by atoms with Crippen LogP contribution in [0.3, 0.4) is 0 Å². The molecule has 0 radical (unpaired) electrons. The summed E-state index contributed by atoms with van der Waals surface area (Å²) in [6.45, 7) is 3.24. The van der Waals surface area contributed by atoms with Gasteiger partial charge in [-0.25, -0.2) is 8.42 Å². The fourth-order valence-electron chi connectivity index (χ4n) is 2.00. The summed E-state index contributed by atoms with van der Waals surface area (Å²) in [7, 11) is -2.19. The molecule has 0 aliphatic carbocycles. The average Bonchev–Trinajstić information content (AvgIpc) is 2.47. The number of amides is 1. The monoisotopic (exact) mass is 319 g/mol. The predicted octanol–water partition coefficient (Wildman–Crippen LogP) is 2.79. The largest absolute Gasteiger partial charge is 0.495 e. The van der Waals surface area contributed by atoms with Gasteiger partial charge in [0.1, 0.15) is 5.75 Å². The lowest BCUT2D eigenvalue weighted by atomic mass is 10.2. The molecule has 2 aromatic rings. The van der Waals surface area contributed by atoms with E-state index in [9.17, 15) is 13.2 Å². The molecule has 2 aromatic carbocycles. The Labute approximate surface area is 129 Å². The van der Waals surface area contributed by atoms with E-state index in [1.54, 1.807) is 24.3 Å². The maximum absolute atomic E-state index is 12.6. The molecule has 0 spiro atoms. The maximum Gasteiger partial charge on any atom is 0.221 e. The van der Waals surface area contributed by atoms with Crippen LogP contribution in [0.2, 0.25) is 0 Å². The molecular weight excluding hydrogens is 302 g/mol. The molecule has 1 N–H and O–H groups in total. The van der Waals surface area contributed by atoms with Crippen molar-refractivity contribution in [3.05, 3.63) is 48.0 Å². The first kappa shape index (κ1) is 16.0. The molecule has 5 nitrogen and oxygen atoms in total. The van der Waals surface area contributed by atoms with Crippen LogP contribution in [0.25, 0.3) is 0 Å². The van der Waals surface area contributed by atoms with Crippen LogP contribution in [0.5, 0.6) is 5.75 Å². The number of methoxy groups -OCH3 is 1. The summed E-state index contributed by atoms with van der Waals surface area (Å²) in [5.74, 6) is 0.0984. The summed E-state index contributed by atoms with van der Waals surface area (Å²) in [5.41, 5.74) is 1.30. The topological polar surface area (TPSA) is 72.5 Å². The second-order valence-electron chi connectivity index (χ2n) is 4.86. The van der Waals surface area contributed by atoms with Crippen molar-refractivity contribution in [2.24, 2.45) is 0 Å². The number of ether oxygens (including phenoxy) is 1. The van der Waals surface area contributed by atoms with E-state index in [0.29, 0.717) is 11.4 Å². The molecule has 0 aromatic heterocycles. The van der Waals surface area contributed by atoms with Crippen LogP contribution < -0.4 is 10.1 Å². The Hall–Kier alpha value is -2.34. The van der Waals surface area contributed by atoms with Gasteiger partial charge < -0.3 is 10.1 Å². The van der Waals surface area contributed by atoms with Crippen molar-refractivity contribution in [1.29, 1.82) is 0 Å². The molecule has 116 valence electrons. The summed E-state index contributed by atoms with van der Waals surface area (Å²) in [6.07, 6.45) is 0. The first-order valence-corrected chi connectivity index (χ1v) is 8.10. The van der Waals surface area contributed by atoms with E-state index in [0.717, 1.165) is 5.56 Å². The quantitative estimate of drug-likeness (QED) is 0.940. The van der Waals surface area contributed by atoms with Crippen LogP contribution in [0.15, 0.2) is 52.3 Å². The third-order valence-corrected chi connectivity index (χ3v) is 4.89. The number of carbonyl (C=O) groups excluding carboxylic acids is 1. The molecule has 0 fully saturated rings. The number of carbonyl (C=O) groups is 1. The molecule has 0 aliphatic rings. The number of benzene rings is 2. The number of rotatable bonds is 4. The summed E-state index contributed by atoms with van der Waals surface area (Å²) < 4.78 is 30.4. The number of anilines is 1. The van der Waals surface area contributed by atoms with Crippen molar-refractivity contribution in [2.75, 3.05) is 12.4 Å². The minimum Gasteiger partial charge on any atom is -0.495 e. The van der Waals surface area contributed by atoms with Crippen molar-refractivity contribution in [3.63, 3.8) is 0 Å². The third-order valence-electron chi connectivity index (χ3n) is 3.12. The predicted molar refractivity (Wildman–Crippen MR) is 83.9 cm³/mol. The third kappa shape index (κ3) is 3.28. The first-order valence-electron chi connectivity index (χ1n) is 6.62. The van der Waals surface area contributed by atoms with Crippen LogP contribution in [0, 0.1) is 6.92 Å². The molecule has 6 heteroatoms. The van der Waals surface area contributed by atoms with Gasteiger partial charge in [0.05, 0.1) is 22.6 Å². The molecule has 0 atom stereocenters. The molecule has 1 amide bonds. The number of nitrogens with one attached hydrogen (secondary N) is 1. The van der Waals surface area contributed by atoms with Gasteiger partial charge in [0.2, 0.25) is 15.7 Å². The van der Waals surface area contributed by atoms with Crippen LogP contribution in [0.1, 0.15) is 12.5 Å². The van der Waals surface area contributed by atoms with Gasteiger partial charge in [-0.1, -0.05) is 17.7 Å². The maximum atomic E-state index is 12.6. The molecule has 0 saturated heterocycles. The molecule has 22 heavy (non-hydrogen) atoms. The summed E-state index contributed by atoms with van der Waals surface area (Å²) >= 11 is 0. The number of sulfone groups is 1. The fourth-order valence-corrected chi connectivity index (χ4v) is 3.28. The smallest absolute Gasteiger partial charge is 0.221 e. The second-order valence-corrected chi connectivity index (χ2v) is 6.81. The minimum atomic E-state index is -3.65. The van der Waals surface area contributed by atoms with Gasteiger partial charge in [-0.15, -0.1) is 0 Å². The van der Waals surface area contributed by atoms with Crippen molar-refractivity contribution >= 4 is 21.4 Å². The van der Waals surface area contributed by atoms with E-state index in [-0.39, 0.29) is 15.7 Å². The van der Waals surface area contributed by atoms with Gasteiger partial charge in [-0.3, -0.25) is 4.79 Å². The SMILES string of the molecule is COc1ccc(S(=O)(=O)c2ccc(C)cc2)cc1NC(C)=O. The zero-order chi connectivity index (χ0) is 16.3. The Morgan fingerprint density at radius 3 is 2.18 bits per heavy atom. The lowest BCUT2D eigenvalue weighted by Crippen LogP contribution is -2.09. The highest BCUT2D eigenvalue weighted by molar-refractivity contribution is 7.91. The van der Waals surface area contributed by atoms with E-state index in [4.69, 9.17) is 4.74 Å². The molecule has 0 bridgehead atoms. The van der Waals surface area contributed by atoms with E-state index >= 15 is 0 Å². The zero-order valence-corrected chi connectivity index (χ0v) is 13.4. The second kappa shape index (κ2) is 6.19. The van der Waals surface area contributed by atoms with E-state index in [1.165, 1.54) is 32.2 Å². The van der Waals surface area contributed by atoms with E-state index < -0.39 is 9.84 Å². The Bertz CT molecular complexity index is 795. The Morgan fingerprint density at radius 1 is 1.05 bits per heavy atom. The lowest BCUT2D eigenvalue weighted by molar-refractivity contribution is -0.114. The molecule has 2 rings (SSSR count). The highest BCUT2D eigenvalue weighted by atomic mass is 32.2. The Morgan fingerprint density at radius 2 is 1.64 bits per heavy atom. The van der Waals surface area contributed by atoms with Crippen LogP contribution >= 0.6 is 0 Å². The molecule has 0 heterocycles. The number of hydrogen-bond acceptors (Lipinski definition) is 4. The normalized spacial score (nSPS) is 11.0. The summed E-state index contributed by atoms with van der Waals surface area (Å²) in [5, 5.41) is 2.57.